The fourth-order valence-corrected chi connectivity index (χ4v) is 8.73. The minimum atomic E-state index is -0.871. The Morgan fingerprint density at radius 3 is 1.15 bits per heavy atom. The Morgan fingerprint density at radius 2 is 0.788 bits per heavy atom. The zero-order valence-electron chi connectivity index (χ0n) is 44.4. The molecule has 2 unspecified atom stereocenters. The first-order valence-corrected chi connectivity index (χ1v) is 28.4. The lowest BCUT2D eigenvalue weighted by molar-refractivity contribution is -0.887. The van der Waals surface area contributed by atoms with E-state index in [9.17, 15) is 19.5 Å². The minimum absolute atomic E-state index is 0.0475. The summed E-state index contributed by atoms with van der Waals surface area (Å²) in [7, 11) is 5.55. The molecule has 0 aromatic rings. The average Bonchev–Trinajstić information content (AvgIpc) is 3.28. The lowest BCUT2D eigenvalue weighted by Crippen LogP contribution is -2.50. The fraction of sp³-hybridized carbons (Fsp3) is 0.879. The molecule has 0 saturated carbocycles. The van der Waals surface area contributed by atoms with Crippen LogP contribution in [0.25, 0.3) is 0 Å². The summed E-state index contributed by atoms with van der Waals surface area (Å²) in [6.45, 7) is 4.77. The van der Waals surface area contributed by atoms with Gasteiger partial charge in [-0.05, 0) is 38.5 Å². The van der Waals surface area contributed by atoms with E-state index in [1.807, 2.05) is 21.1 Å². The standard InChI is InChI=1S/C58H109NO7/c1-6-8-10-12-14-16-18-20-22-24-26-28-29-31-33-35-37-39-41-43-45-47-49-57(61)66-54(52-64-51-50-55(58(62)63)59(3,4)5)53-65-56(60)48-46-44-42-40-38-36-34-32-30-27-25-23-21-19-17-15-13-11-9-7-2/h17,19,21,23,54-55H,6-16,18,20,22,24-53H2,1-5H3/p+1/b19-17+,23-21+. The number of carbonyl (C=O) groups is 3. The van der Waals surface area contributed by atoms with Crippen LogP contribution in [0.15, 0.2) is 24.3 Å². The zero-order valence-corrected chi connectivity index (χ0v) is 44.4. The number of carbonyl (C=O) groups excluding carboxylic acids is 2. The Hall–Kier alpha value is -2.19. The van der Waals surface area contributed by atoms with E-state index in [2.05, 4.69) is 38.2 Å². The summed E-state index contributed by atoms with van der Waals surface area (Å²) in [4.78, 5) is 37.3. The number of ether oxygens (including phenoxy) is 3. The summed E-state index contributed by atoms with van der Waals surface area (Å²) >= 11 is 0. The van der Waals surface area contributed by atoms with Gasteiger partial charge in [-0.1, -0.05) is 244 Å². The molecule has 66 heavy (non-hydrogen) atoms. The van der Waals surface area contributed by atoms with Crippen LogP contribution in [0.3, 0.4) is 0 Å². The highest BCUT2D eigenvalue weighted by Crippen LogP contribution is 2.17. The van der Waals surface area contributed by atoms with Gasteiger partial charge in [0.2, 0.25) is 0 Å². The summed E-state index contributed by atoms with van der Waals surface area (Å²) in [5, 5.41) is 9.67. The SMILES string of the molecule is CCCCCC/C=C/C=C/CCCCCCCCCCCCC(=O)OCC(COCCC(C(=O)O)[N+](C)(C)C)OC(=O)CCCCCCCCCCCCCCCCCCCCCCCC. The van der Waals surface area contributed by atoms with Crippen LogP contribution in [-0.4, -0.2) is 80.6 Å². The van der Waals surface area contributed by atoms with Gasteiger partial charge in [-0.25, -0.2) is 4.79 Å². The molecule has 1 N–H and O–H groups in total. The van der Waals surface area contributed by atoms with Gasteiger partial charge >= 0.3 is 17.9 Å². The highest BCUT2D eigenvalue weighted by molar-refractivity contribution is 5.72. The highest BCUT2D eigenvalue weighted by atomic mass is 16.6. The van der Waals surface area contributed by atoms with Crippen molar-refractivity contribution in [2.75, 3.05) is 41.0 Å². The van der Waals surface area contributed by atoms with Crippen LogP contribution >= 0.6 is 0 Å². The number of unbranched alkanes of at least 4 members (excludes halogenated alkanes) is 35. The van der Waals surface area contributed by atoms with Gasteiger partial charge in [0.05, 0.1) is 34.4 Å². The van der Waals surface area contributed by atoms with E-state index < -0.39 is 18.1 Å². The molecule has 0 aromatic heterocycles. The predicted molar refractivity (Wildman–Crippen MR) is 280 cm³/mol. The minimum Gasteiger partial charge on any atom is -0.477 e. The van der Waals surface area contributed by atoms with Gasteiger partial charge in [0.25, 0.3) is 0 Å². The van der Waals surface area contributed by atoms with Crippen molar-refractivity contribution in [3.05, 3.63) is 24.3 Å². The third-order valence-electron chi connectivity index (χ3n) is 13.1. The van der Waals surface area contributed by atoms with Crippen molar-refractivity contribution >= 4 is 17.9 Å². The number of carboxylic acid groups (broad SMARTS) is 1. The largest absolute Gasteiger partial charge is 0.477 e. The van der Waals surface area contributed by atoms with E-state index >= 15 is 0 Å². The van der Waals surface area contributed by atoms with E-state index in [1.54, 1.807) is 0 Å². The summed E-state index contributed by atoms with van der Waals surface area (Å²) in [6.07, 6.45) is 58.1. The first kappa shape index (κ1) is 63.8. The van der Waals surface area contributed by atoms with Gasteiger partial charge in [-0.3, -0.25) is 9.59 Å². The Morgan fingerprint density at radius 1 is 0.455 bits per heavy atom. The Balaban J connectivity index is 4.15. The number of nitrogens with zero attached hydrogens (tertiary/aromatic N) is 1. The molecule has 0 aromatic carbocycles. The normalized spacial score (nSPS) is 12.9. The van der Waals surface area contributed by atoms with Crippen molar-refractivity contribution in [2.45, 2.75) is 289 Å². The number of quaternary nitrogens is 1. The van der Waals surface area contributed by atoms with Crippen LogP contribution in [0.1, 0.15) is 277 Å². The molecule has 0 radical (unpaired) electrons. The molecule has 388 valence electrons. The van der Waals surface area contributed by atoms with E-state index in [4.69, 9.17) is 14.2 Å². The molecule has 2 atom stereocenters. The highest BCUT2D eigenvalue weighted by Gasteiger charge is 2.31. The van der Waals surface area contributed by atoms with E-state index in [-0.39, 0.29) is 36.2 Å². The maximum Gasteiger partial charge on any atom is 0.362 e. The van der Waals surface area contributed by atoms with Crippen molar-refractivity contribution in [3.8, 4) is 0 Å². The molecule has 0 amide bonds. The van der Waals surface area contributed by atoms with E-state index in [1.165, 1.54) is 205 Å². The second-order valence-corrected chi connectivity index (χ2v) is 20.6. The summed E-state index contributed by atoms with van der Waals surface area (Å²) < 4.78 is 17.4. The molecule has 8 heteroatoms. The van der Waals surface area contributed by atoms with Gasteiger partial charge in [0, 0.05) is 19.3 Å². The molecule has 0 fully saturated rings. The number of aliphatic carboxylic acids is 1. The van der Waals surface area contributed by atoms with Crippen LogP contribution in [0.5, 0.6) is 0 Å². The number of allylic oxidation sites excluding steroid dienone is 4. The van der Waals surface area contributed by atoms with Crippen molar-refractivity contribution in [1.82, 2.24) is 0 Å². The first-order chi connectivity index (χ1) is 32.1. The number of esters is 2. The topological polar surface area (TPSA) is 99.1 Å². The summed E-state index contributed by atoms with van der Waals surface area (Å²) in [5.41, 5.74) is 0. The van der Waals surface area contributed by atoms with Crippen molar-refractivity contribution in [1.29, 1.82) is 0 Å². The number of hydrogen-bond acceptors (Lipinski definition) is 6. The molecule has 0 rings (SSSR count). The van der Waals surface area contributed by atoms with Gasteiger partial charge in [-0.2, -0.15) is 0 Å². The molecule has 0 bridgehead atoms. The lowest BCUT2D eigenvalue weighted by atomic mass is 10.0. The number of likely N-dealkylation sites (N-methyl/N-ethyl adjacent to an activating group) is 1. The second-order valence-electron chi connectivity index (χ2n) is 20.6. The maximum atomic E-state index is 12.8. The van der Waals surface area contributed by atoms with Crippen LogP contribution in [0.2, 0.25) is 0 Å². The van der Waals surface area contributed by atoms with E-state index in [0.29, 0.717) is 19.3 Å². The molecule has 0 spiro atoms. The molecule has 0 saturated heterocycles. The summed E-state index contributed by atoms with van der Waals surface area (Å²) in [5.74, 6) is -1.45. The second kappa shape index (κ2) is 49.2. The third-order valence-corrected chi connectivity index (χ3v) is 13.1. The predicted octanol–water partition coefficient (Wildman–Crippen LogP) is 16.8. The van der Waals surface area contributed by atoms with Gasteiger partial charge in [0.1, 0.15) is 6.61 Å². The quantitative estimate of drug-likeness (QED) is 0.0281. The molecule has 0 aliphatic rings. The molecular formula is C58H110NO7+. The van der Waals surface area contributed by atoms with Gasteiger partial charge in [0.15, 0.2) is 12.1 Å². The zero-order chi connectivity index (χ0) is 48.4. The molecule has 0 heterocycles. The summed E-state index contributed by atoms with van der Waals surface area (Å²) in [6, 6.07) is -0.613. The van der Waals surface area contributed by atoms with Crippen LogP contribution < -0.4 is 0 Å². The van der Waals surface area contributed by atoms with E-state index in [0.717, 1.165) is 38.5 Å². The molecule has 8 nitrogen and oxygen atoms in total. The molecule has 0 aliphatic heterocycles. The molecular weight excluding hydrogens is 823 g/mol. The number of hydrogen-bond donors (Lipinski definition) is 1. The Labute approximate surface area is 409 Å². The van der Waals surface area contributed by atoms with Crippen LogP contribution in [-0.2, 0) is 28.6 Å². The Kier molecular flexibility index (Phi) is 47.6. The van der Waals surface area contributed by atoms with Crippen LogP contribution in [0.4, 0.5) is 0 Å². The third kappa shape index (κ3) is 46.9. The van der Waals surface area contributed by atoms with Crippen molar-refractivity contribution in [2.24, 2.45) is 0 Å². The maximum absolute atomic E-state index is 12.8. The average molecular weight is 934 g/mol. The lowest BCUT2D eigenvalue weighted by Gasteiger charge is -2.31. The fourth-order valence-electron chi connectivity index (χ4n) is 8.73. The first-order valence-electron chi connectivity index (χ1n) is 28.4. The van der Waals surface area contributed by atoms with Crippen molar-refractivity contribution in [3.63, 3.8) is 0 Å². The van der Waals surface area contributed by atoms with Crippen molar-refractivity contribution < 1.29 is 38.2 Å². The molecule has 0 aliphatic carbocycles. The number of carboxylic acids is 1. The van der Waals surface area contributed by atoms with Gasteiger partial charge < -0.3 is 23.8 Å². The number of rotatable bonds is 52. The Bertz CT molecular complexity index is 1130. The van der Waals surface area contributed by atoms with Crippen LogP contribution in [0, 0.1) is 0 Å². The monoisotopic (exact) mass is 933 g/mol. The van der Waals surface area contributed by atoms with Gasteiger partial charge in [-0.15, -0.1) is 0 Å². The smallest absolute Gasteiger partial charge is 0.362 e.